The molecule has 0 aliphatic rings. The number of hydrogen-bond acceptors (Lipinski definition) is 4. The number of hydrogen-bond donors (Lipinski definition) is 0. The summed E-state index contributed by atoms with van der Waals surface area (Å²) in [5.74, 6) is -1.77. The Labute approximate surface area is 91.2 Å². The summed E-state index contributed by atoms with van der Waals surface area (Å²) in [6, 6.07) is 0. The van der Waals surface area contributed by atoms with Gasteiger partial charge in [-0.15, -0.1) is 0 Å². The fraction of sp³-hybridized carbons (Fsp3) is 0.727. The minimum absolute atomic E-state index is 0.326. The molecule has 0 spiro atoms. The Bertz CT molecular complexity index is 217. The Hall–Kier alpha value is -0.870. The maximum atomic E-state index is 11.4. The molecule has 15 heavy (non-hydrogen) atoms. The van der Waals surface area contributed by atoms with Gasteiger partial charge >= 0.3 is 11.9 Å². The average molecular weight is 216 g/mol. The largest absolute Gasteiger partial charge is 0.404 e. The molecular formula is C11H20O4. The predicted molar refractivity (Wildman–Crippen MR) is 57.2 cm³/mol. The fourth-order valence-electron chi connectivity index (χ4n) is 1.05. The molecule has 0 fully saturated rings. The molecule has 0 aliphatic heterocycles. The first-order chi connectivity index (χ1) is 7.01. The van der Waals surface area contributed by atoms with Crippen LogP contribution in [0.4, 0.5) is 0 Å². The van der Waals surface area contributed by atoms with Crippen LogP contribution in [0.25, 0.3) is 0 Å². The van der Waals surface area contributed by atoms with Gasteiger partial charge in [0, 0.05) is 12.0 Å². The second-order valence-corrected chi connectivity index (χ2v) is 3.07. The van der Waals surface area contributed by atoms with Gasteiger partial charge < -0.3 is 14.2 Å². The van der Waals surface area contributed by atoms with Crippen LogP contribution in [-0.4, -0.2) is 25.2 Å². The highest BCUT2D eigenvalue weighted by molar-refractivity contribution is 5.87. The zero-order valence-corrected chi connectivity index (χ0v) is 9.96. The van der Waals surface area contributed by atoms with E-state index in [1.807, 2.05) is 20.8 Å². The molecule has 0 radical (unpaired) electrons. The van der Waals surface area contributed by atoms with Gasteiger partial charge in [-0.25, -0.2) is 4.79 Å². The van der Waals surface area contributed by atoms with Gasteiger partial charge in [0.1, 0.15) is 0 Å². The standard InChI is InChI=1S/C11H20O4/c1-6-11(13-7-2,14-8-3)15-10(12)9(4)5/h4,6-8H2,1-3,5H3. The highest BCUT2D eigenvalue weighted by Crippen LogP contribution is 2.21. The molecule has 0 aromatic carbocycles. The van der Waals surface area contributed by atoms with Crippen molar-refractivity contribution in [2.75, 3.05) is 13.2 Å². The van der Waals surface area contributed by atoms with Crippen LogP contribution in [-0.2, 0) is 19.0 Å². The van der Waals surface area contributed by atoms with E-state index in [9.17, 15) is 4.79 Å². The smallest absolute Gasteiger partial charge is 0.337 e. The van der Waals surface area contributed by atoms with Crippen molar-refractivity contribution in [3.05, 3.63) is 12.2 Å². The van der Waals surface area contributed by atoms with Crippen LogP contribution < -0.4 is 0 Å². The lowest BCUT2D eigenvalue weighted by atomic mass is 10.3. The Morgan fingerprint density at radius 2 is 1.67 bits per heavy atom. The molecule has 0 heterocycles. The third-order valence-electron chi connectivity index (χ3n) is 1.76. The normalized spacial score (nSPS) is 11.2. The van der Waals surface area contributed by atoms with Crippen molar-refractivity contribution in [3.8, 4) is 0 Å². The highest BCUT2D eigenvalue weighted by atomic mass is 16.9. The topological polar surface area (TPSA) is 44.8 Å². The highest BCUT2D eigenvalue weighted by Gasteiger charge is 2.34. The molecule has 0 aliphatic carbocycles. The first kappa shape index (κ1) is 14.1. The molecule has 4 heteroatoms. The van der Waals surface area contributed by atoms with Crippen molar-refractivity contribution in [1.82, 2.24) is 0 Å². The summed E-state index contributed by atoms with van der Waals surface area (Å²) < 4.78 is 15.8. The lowest BCUT2D eigenvalue weighted by Gasteiger charge is -2.30. The predicted octanol–water partition coefficient (Wildman–Crippen LogP) is 2.24. The molecule has 0 rings (SSSR count). The molecule has 88 valence electrons. The Morgan fingerprint density at radius 3 is 1.93 bits per heavy atom. The van der Waals surface area contributed by atoms with E-state index in [0.29, 0.717) is 25.2 Å². The number of esters is 1. The van der Waals surface area contributed by atoms with Crippen LogP contribution >= 0.6 is 0 Å². The van der Waals surface area contributed by atoms with Crippen LogP contribution in [0.15, 0.2) is 12.2 Å². The fourth-order valence-corrected chi connectivity index (χ4v) is 1.05. The first-order valence-corrected chi connectivity index (χ1v) is 5.18. The minimum atomic E-state index is -1.26. The lowest BCUT2D eigenvalue weighted by molar-refractivity contribution is -0.360. The second-order valence-electron chi connectivity index (χ2n) is 3.07. The minimum Gasteiger partial charge on any atom is -0.404 e. The molecule has 0 saturated carbocycles. The summed E-state index contributed by atoms with van der Waals surface area (Å²) in [4.78, 5) is 11.4. The van der Waals surface area contributed by atoms with Gasteiger partial charge in [0.25, 0.3) is 0 Å². The second kappa shape index (κ2) is 6.58. The average Bonchev–Trinajstić information content (AvgIpc) is 2.18. The summed E-state index contributed by atoms with van der Waals surface area (Å²) in [7, 11) is 0. The van der Waals surface area contributed by atoms with Gasteiger partial charge in [-0.2, -0.15) is 0 Å². The molecule has 0 aromatic rings. The lowest BCUT2D eigenvalue weighted by Crippen LogP contribution is -2.40. The van der Waals surface area contributed by atoms with Crippen LogP contribution in [0.2, 0.25) is 0 Å². The zero-order chi connectivity index (χ0) is 11.9. The number of rotatable bonds is 7. The maximum Gasteiger partial charge on any atom is 0.337 e. The van der Waals surface area contributed by atoms with Crippen molar-refractivity contribution in [1.29, 1.82) is 0 Å². The monoisotopic (exact) mass is 216 g/mol. The van der Waals surface area contributed by atoms with E-state index >= 15 is 0 Å². The van der Waals surface area contributed by atoms with E-state index in [-0.39, 0.29) is 0 Å². The quantitative estimate of drug-likeness (QED) is 0.372. The Morgan fingerprint density at radius 1 is 1.20 bits per heavy atom. The van der Waals surface area contributed by atoms with E-state index in [1.54, 1.807) is 6.92 Å². The molecule has 0 amide bonds. The first-order valence-electron chi connectivity index (χ1n) is 5.18. The summed E-state index contributed by atoms with van der Waals surface area (Å²) in [6.07, 6.45) is 0.438. The van der Waals surface area contributed by atoms with E-state index in [4.69, 9.17) is 14.2 Å². The molecule has 0 bridgehead atoms. The molecule has 4 nitrogen and oxygen atoms in total. The third-order valence-corrected chi connectivity index (χ3v) is 1.76. The summed E-state index contributed by atoms with van der Waals surface area (Å²) >= 11 is 0. The molecule has 0 N–H and O–H groups in total. The maximum absolute atomic E-state index is 11.4. The Balaban J connectivity index is 4.59. The van der Waals surface area contributed by atoms with Crippen molar-refractivity contribution in [2.24, 2.45) is 0 Å². The summed E-state index contributed by atoms with van der Waals surface area (Å²) in [5.41, 5.74) is 0.326. The molecule has 0 unspecified atom stereocenters. The molecule has 0 atom stereocenters. The van der Waals surface area contributed by atoms with Gasteiger partial charge in [-0.1, -0.05) is 13.5 Å². The zero-order valence-electron chi connectivity index (χ0n) is 9.96. The summed E-state index contributed by atoms with van der Waals surface area (Å²) in [5, 5.41) is 0. The third kappa shape index (κ3) is 4.44. The van der Waals surface area contributed by atoms with E-state index in [1.165, 1.54) is 0 Å². The molecule has 0 saturated heterocycles. The SMILES string of the molecule is C=C(C)C(=O)OC(CC)(OCC)OCC. The van der Waals surface area contributed by atoms with Crippen molar-refractivity contribution in [3.63, 3.8) is 0 Å². The molecular weight excluding hydrogens is 196 g/mol. The van der Waals surface area contributed by atoms with Crippen molar-refractivity contribution >= 4 is 5.97 Å². The van der Waals surface area contributed by atoms with Gasteiger partial charge in [0.15, 0.2) is 0 Å². The van der Waals surface area contributed by atoms with E-state index in [0.717, 1.165) is 0 Å². The molecule has 0 aromatic heterocycles. The van der Waals surface area contributed by atoms with Crippen molar-refractivity contribution in [2.45, 2.75) is 40.1 Å². The van der Waals surface area contributed by atoms with E-state index in [2.05, 4.69) is 6.58 Å². The van der Waals surface area contributed by atoms with Crippen LogP contribution in [0.1, 0.15) is 34.1 Å². The van der Waals surface area contributed by atoms with Crippen molar-refractivity contribution < 1.29 is 19.0 Å². The van der Waals surface area contributed by atoms with Gasteiger partial charge in [0.2, 0.25) is 0 Å². The number of ether oxygens (including phenoxy) is 3. The van der Waals surface area contributed by atoms with Gasteiger partial charge in [-0.3, -0.25) is 0 Å². The van der Waals surface area contributed by atoms with E-state index < -0.39 is 11.9 Å². The van der Waals surface area contributed by atoms with Crippen LogP contribution in [0.3, 0.4) is 0 Å². The Kier molecular flexibility index (Phi) is 6.20. The van der Waals surface area contributed by atoms with Crippen LogP contribution in [0.5, 0.6) is 0 Å². The number of carbonyl (C=O) groups excluding carboxylic acids is 1. The van der Waals surface area contributed by atoms with Gasteiger partial charge in [0.05, 0.1) is 13.2 Å². The van der Waals surface area contributed by atoms with Gasteiger partial charge in [-0.05, 0) is 20.8 Å². The number of carbonyl (C=O) groups is 1. The summed E-state index contributed by atoms with van der Waals surface area (Å²) in [6.45, 7) is 11.4. The van der Waals surface area contributed by atoms with Crippen LogP contribution in [0, 0.1) is 0 Å².